The number of benzene rings is 1. The van der Waals surface area contributed by atoms with Gasteiger partial charge in [0.05, 0.1) is 0 Å². The summed E-state index contributed by atoms with van der Waals surface area (Å²) in [6, 6.07) is 6.33. The number of fused-ring (bicyclic) bond motifs is 1. The Morgan fingerprint density at radius 1 is 1.30 bits per heavy atom. The molecule has 1 aromatic carbocycles. The highest BCUT2D eigenvalue weighted by atomic mass is 16.5. The van der Waals surface area contributed by atoms with Crippen molar-refractivity contribution >= 4 is 5.78 Å². The molecule has 0 amide bonds. The molecule has 1 aromatic rings. The number of hydrogen-bond acceptors (Lipinski definition) is 2. The number of ether oxygens (including phenoxy) is 1. The van der Waals surface area contributed by atoms with Gasteiger partial charge in [-0.3, -0.25) is 4.79 Å². The average molecular weight is 272 g/mol. The van der Waals surface area contributed by atoms with Crippen molar-refractivity contribution in [1.82, 2.24) is 0 Å². The summed E-state index contributed by atoms with van der Waals surface area (Å²) in [5.74, 6) is 1.87. The molecule has 0 fully saturated rings. The molecule has 0 saturated heterocycles. The van der Waals surface area contributed by atoms with E-state index in [0.717, 1.165) is 29.1 Å². The first-order chi connectivity index (χ1) is 9.32. The quantitative estimate of drug-likeness (QED) is 0.806. The van der Waals surface area contributed by atoms with E-state index < -0.39 is 0 Å². The first-order valence-electron chi connectivity index (χ1n) is 7.37. The lowest BCUT2D eigenvalue weighted by Gasteiger charge is -2.25. The van der Waals surface area contributed by atoms with Gasteiger partial charge >= 0.3 is 0 Å². The van der Waals surface area contributed by atoms with Crippen LogP contribution in [0.15, 0.2) is 29.5 Å². The predicted octanol–water partition coefficient (Wildman–Crippen LogP) is 4.56. The monoisotopic (exact) mass is 272 g/mol. The highest BCUT2D eigenvalue weighted by Crippen LogP contribution is 2.34. The lowest BCUT2D eigenvalue weighted by molar-refractivity contribution is -0.115. The maximum Gasteiger partial charge on any atom is 0.162 e. The van der Waals surface area contributed by atoms with Gasteiger partial charge in [-0.25, -0.2) is 0 Å². The number of ketones is 1. The molecule has 108 valence electrons. The summed E-state index contributed by atoms with van der Waals surface area (Å²) in [6.45, 7) is 10.5. The summed E-state index contributed by atoms with van der Waals surface area (Å²) in [4.78, 5) is 12.2. The van der Waals surface area contributed by atoms with Crippen molar-refractivity contribution in [1.29, 1.82) is 0 Å². The van der Waals surface area contributed by atoms with Crippen molar-refractivity contribution in [3.05, 3.63) is 40.7 Å². The molecule has 1 aliphatic heterocycles. The topological polar surface area (TPSA) is 26.3 Å². The van der Waals surface area contributed by atoms with Crippen molar-refractivity contribution in [3.63, 3.8) is 0 Å². The highest BCUT2D eigenvalue weighted by Gasteiger charge is 2.23. The third-order valence-electron chi connectivity index (χ3n) is 3.80. The van der Waals surface area contributed by atoms with E-state index in [2.05, 4.69) is 32.9 Å². The van der Waals surface area contributed by atoms with Crippen LogP contribution < -0.4 is 4.74 Å². The van der Waals surface area contributed by atoms with E-state index in [1.807, 2.05) is 19.9 Å². The molecule has 0 saturated carbocycles. The Morgan fingerprint density at radius 3 is 2.60 bits per heavy atom. The van der Waals surface area contributed by atoms with E-state index in [0.29, 0.717) is 12.8 Å². The molecule has 2 heteroatoms. The second-order valence-corrected chi connectivity index (χ2v) is 6.56. The summed E-state index contributed by atoms with van der Waals surface area (Å²) < 4.78 is 5.84. The van der Waals surface area contributed by atoms with Gasteiger partial charge in [0.25, 0.3) is 0 Å². The third-order valence-corrected chi connectivity index (χ3v) is 3.80. The number of hydrogen-bond donors (Lipinski definition) is 0. The number of carbonyl (C=O) groups is 1. The van der Waals surface area contributed by atoms with Crippen LogP contribution in [0.3, 0.4) is 0 Å². The molecular weight excluding hydrogens is 248 g/mol. The minimum atomic E-state index is 0.110. The molecule has 1 heterocycles. The molecule has 0 unspecified atom stereocenters. The van der Waals surface area contributed by atoms with Crippen molar-refractivity contribution in [3.8, 4) is 5.75 Å². The van der Waals surface area contributed by atoms with Gasteiger partial charge in [0.1, 0.15) is 11.5 Å². The van der Waals surface area contributed by atoms with E-state index in [-0.39, 0.29) is 11.2 Å². The summed E-state index contributed by atoms with van der Waals surface area (Å²) in [6.07, 6.45) is 2.18. The average Bonchev–Trinajstić information content (AvgIpc) is 2.36. The Morgan fingerprint density at radius 2 is 2.00 bits per heavy atom. The molecule has 0 aliphatic carbocycles. The standard InChI is InChI=1S/C18H24O2/c1-6-7-16(19)15-11-13-10-14(18(3,4)5)8-9-17(13)20-12(15)2/h8-10H,6-7,11H2,1-5H3. The Hall–Kier alpha value is -1.57. The van der Waals surface area contributed by atoms with Crippen LogP contribution in [-0.4, -0.2) is 5.78 Å². The molecule has 0 spiro atoms. The maximum absolute atomic E-state index is 12.2. The highest BCUT2D eigenvalue weighted by molar-refractivity contribution is 5.96. The van der Waals surface area contributed by atoms with Crippen LogP contribution in [-0.2, 0) is 16.6 Å². The van der Waals surface area contributed by atoms with E-state index in [1.54, 1.807) is 0 Å². The van der Waals surface area contributed by atoms with Crippen LogP contribution in [0.1, 0.15) is 58.6 Å². The second-order valence-electron chi connectivity index (χ2n) is 6.56. The van der Waals surface area contributed by atoms with E-state index in [1.165, 1.54) is 5.56 Å². The van der Waals surface area contributed by atoms with E-state index >= 15 is 0 Å². The lowest BCUT2D eigenvalue weighted by atomic mass is 9.84. The zero-order valence-corrected chi connectivity index (χ0v) is 13.2. The molecule has 2 rings (SSSR count). The van der Waals surface area contributed by atoms with Gasteiger partial charge in [-0.05, 0) is 36.0 Å². The number of allylic oxidation sites excluding steroid dienone is 2. The molecule has 1 aliphatic rings. The Labute approximate surface area is 121 Å². The molecule has 2 nitrogen and oxygen atoms in total. The van der Waals surface area contributed by atoms with Gasteiger partial charge in [0.2, 0.25) is 0 Å². The molecular formula is C18H24O2. The van der Waals surface area contributed by atoms with Gasteiger partial charge in [-0.15, -0.1) is 0 Å². The van der Waals surface area contributed by atoms with Gasteiger partial charge < -0.3 is 4.74 Å². The third kappa shape index (κ3) is 2.95. The molecule has 0 aromatic heterocycles. The molecule has 0 radical (unpaired) electrons. The van der Waals surface area contributed by atoms with Crippen LogP contribution in [0.25, 0.3) is 0 Å². The van der Waals surface area contributed by atoms with Gasteiger partial charge in [-0.1, -0.05) is 39.8 Å². The van der Waals surface area contributed by atoms with Crippen LogP contribution >= 0.6 is 0 Å². The second kappa shape index (κ2) is 5.43. The van der Waals surface area contributed by atoms with Crippen LogP contribution in [0.5, 0.6) is 5.75 Å². The number of Topliss-reactive ketones (excluding diaryl/α,β-unsaturated/α-hetero) is 1. The first-order valence-corrected chi connectivity index (χ1v) is 7.37. The SMILES string of the molecule is CCCC(=O)C1=C(C)Oc2ccc(C(C)(C)C)cc2C1. The fourth-order valence-electron chi connectivity index (χ4n) is 2.50. The first kappa shape index (κ1) is 14.8. The molecule has 0 bridgehead atoms. The van der Waals surface area contributed by atoms with Crippen LogP contribution in [0.4, 0.5) is 0 Å². The normalized spacial score (nSPS) is 14.8. The Kier molecular flexibility index (Phi) is 4.03. The largest absolute Gasteiger partial charge is 0.461 e. The Balaban J connectivity index is 2.33. The van der Waals surface area contributed by atoms with Crippen molar-refractivity contribution < 1.29 is 9.53 Å². The van der Waals surface area contributed by atoms with Crippen LogP contribution in [0.2, 0.25) is 0 Å². The van der Waals surface area contributed by atoms with Gasteiger partial charge in [0.15, 0.2) is 5.78 Å². The van der Waals surface area contributed by atoms with Gasteiger partial charge in [0, 0.05) is 18.4 Å². The number of rotatable bonds is 3. The summed E-state index contributed by atoms with van der Waals surface area (Å²) >= 11 is 0. The van der Waals surface area contributed by atoms with Crippen molar-refractivity contribution in [2.45, 2.75) is 59.3 Å². The Bertz CT molecular complexity index is 559. The van der Waals surface area contributed by atoms with Gasteiger partial charge in [-0.2, -0.15) is 0 Å². The van der Waals surface area contributed by atoms with Crippen molar-refractivity contribution in [2.75, 3.05) is 0 Å². The lowest BCUT2D eigenvalue weighted by Crippen LogP contribution is -2.17. The van der Waals surface area contributed by atoms with E-state index in [4.69, 9.17) is 4.74 Å². The minimum absolute atomic E-state index is 0.110. The molecule has 0 N–H and O–H groups in total. The maximum atomic E-state index is 12.2. The zero-order valence-electron chi connectivity index (χ0n) is 13.2. The smallest absolute Gasteiger partial charge is 0.162 e. The number of carbonyl (C=O) groups excluding carboxylic acids is 1. The minimum Gasteiger partial charge on any atom is -0.461 e. The van der Waals surface area contributed by atoms with Crippen LogP contribution in [0, 0.1) is 0 Å². The summed E-state index contributed by atoms with van der Waals surface area (Å²) in [7, 11) is 0. The fraction of sp³-hybridized carbons (Fsp3) is 0.500. The zero-order chi connectivity index (χ0) is 14.9. The summed E-state index contributed by atoms with van der Waals surface area (Å²) in [5.41, 5.74) is 3.35. The molecule has 0 atom stereocenters. The van der Waals surface area contributed by atoms with Crippen molar-refractivity contribution in [2.24, 2.45) is 0 Å². The molecule has 20 heavy (non-hydrogen) atoms. The predicted molar refractivity (Wildman–Crippen MR) is 82.1 cm³/mol. The fourth-order valence-corrected chi connectivity index (χ4v) is 2.50. The summed E-state index contributed by atoms with van der Waals surface area (Å²) in [5, 5.41) is 0. The van der Waals surface area contributed by atoms with E-state index in [9.17, 15) is 4.79 Å².